The molecule has 1 amide bonds. The molecule has 1 aliphatic heterocycles. The van der Waals surface area contributed by atoms with Crippen LogP contribution in [0.5, 0.6) is 0 Å². The van der Waals surface area contributed by atoms with Crippen molar-refractivity contribution in [1.29, 1.82) is 0 Å². The van der Waals surface area contributed by atoms with Crippen molar-refractivity contribution in [3.8, 4) is 0 Å². The molecule has 5 heteroatoms. The van der Waals surface area contributed by atoms with Gasteiger partial charge in [-0.05, 0) is 5.56 Å². The van der Waals surface area contributed by atoms with Crippen molar-refractivity contribution in [2.75, 3.05) is 19.8 Å². The van der Waals surface area contributed by atoms with E-state index in [0.29, 0.717) is 13.2 Å². The first-order valence-corrected chi connectivity index (χ1v) is 6.02. The smallest absolute Gasteiger partial charge is 0.227 e. The number of hydrogen-bond donors (Lipinski definition) is 3. The molecule has 1 heterocycles. The topological polar surface area (TPSA) is 84.6 Å². The molecule has 5 nitrogen and oxygen atoms in total. The quantitative estimate of drug-likeness (QED) is 0.691. The molecule has 4 N–H and O–H groups in total. The van der Waals surface area contributed by atoms with E-state index in [1.807, 2.05) is 30.3 Å². The van der Waals surface area contributed by atoms with E-state index in [2.05, 4.69) is 5.32 Å². The molecule has 3 atom stereocenters. The van der Waals surface area contributed by atoms with E-state index in [1.165, 1.54) is 0 Å². The molecule has 0 saturated carbocycles. The van der Waals surface area contributed by atoms with Gasteiger partial charge in [0.1, 0.15) is 0 Å². The summed E-state index contributed by atoms with van der Waals surface area (Å²) in [6.45, 7) is 0.617. The van der Waals surface area contributed by atoms with Gasteiger partial charge in [-0.1, -0.05) is 30.3 Å². The lowest BCUT2D eigenvalue weighted by Gasteiger charge is -2.20. The summed E-state index contributed by atoms with van der Waals surface area (Å²) >= 11 is 0. The average Bonchev–Trinajstić information content (AvgIpc) is 2.83. The Hall–Kier alpha value is -1.43. The van der Waals surface area contributed by atoms with Gasteiger partial charge >= 0.3 is 0 Å². The highest BCUT2D eigenvalue weighted by atomic mass is 16.5. The van der Waals surface area contributed by atoms with Crippen LogP contribution in [0.15, 0.2) is 30.3 Å². The van der Waals surface area contributed by atoms with Crippen LogP contribution in [0.2, 0.25) is 0 Å². The van der Waals surface area contributed by atoms with E-state index in [9.17, 15) is 9.90 Å². The Morgan fingerprint density at radius 3 is 2.72 bits per heavy atom. The van der Waals surface area contributed by atoms with Gasteiger partial charge in [0.15, 0.2) is 0 Å². The zero-order valence-electron chi connectivity index (χ0n) is 10.1. The number of benzene rings is 1. The molecule has 0 aromatic heterocycles. The average molecular weight is 250 g/mol. The minimum atomic E-state index is -0.397. The molecule has 1 aromatic rings. The molecule has 1 saturated heterocycles. The molecule has 1 fully saturated rings. The molecule has 18 heavy (non-hydrogen) atoms. The van der Waals surface area contributed by atoms with Crippen LogP contribution >= 0.6 is 0 Å². The number of nitrogens with two attached hydrogens (primary N) is 1. The highest BCUT2D eigenvalue weighted by Gasteiger charge is 2.32. The highest BCUT2D eigenvalue weighted by Crippen LogP contribution is 2.16. The monoisotopic (exact) mass is 250 g/mol. The second-order valence-electron chi connectivity index (χ2n) is 4.46. The van der Waals surface area contributed by atoms with Gasteiger partial charge in [0.25, 0.3) is 0 Å². The van der Waals surface area contributed by atoms with E-state index in [0.717, 1.165) is 5.56 Å². The van der Waals surface area contributed by atoms with Crippen molar-refractivity contribution >= 4 is 5.91 Å². The van der Waals surface area contributed by atoms with Crippen LogP contribution < -0.4 is 11.1 Å². The van der Waals surface area contributed by atoms with Crippen LogP contribution in [0.25, 0.3) is 0 Å². The normalized spacial score (nSPS) is 24.8. The highest BCUT2D eigenvalue weighted by molar-refractivity contribution is 5.80. The molecule has 1 aromatic carbocycles. The van der Waals surface area contributed by atoms with Crippen molar-refractivity contribution in [2.24, 2.45) is 11.7 Å². The maximum atomic E-state index is 12.0. The van der Waals surface area contributed by atoms with Crippen molar-refractivity contribution in [1.82, 2.24) is 5.32 Å². The lowest BCUT2D eigenvalue weighted by molar-refractivity contribution is -0.126. The molecule has 1 aliphatic rings. The van der Waals surface area contributed by atoms with E-state index in [-0.39, 0.29) is 24.5 Å². The number of hydrogen-bond acceptors (Lipinski definition) is 4. The minimum Gasteiger partial charge on any atom is -0.394 e. The van der Waals surface area contributed by atoms with Gasteiger partial charge in [0.2, 0.25) is 5.91 Å². The number of nitrogens with one attached hydrogen (secondary N) is 1. The summed E-state index contributed by atoms with van der Waals surface area (Å²) in [4.78, 5) is 12.0. The maximum absolute atomic E-state index is 12.0. The van der Waals surface area contributed by atoms with Gasteiger partial charge in [-0.2, -0.15) is 0 Å². The Morgan fingerprint density at radius 2 is 2.17 bits per heavy atom. The fraction of sp³-hybridized carbons (Fsp3) is 0.462. The summed E-state index contributed by atoms with van der Waals surface area (Å²) < 4.78 is 5.16. The third kappa shape index (κ3) is 2.87. The Bertz CT molecular complexity index is 396. The Labute approximate surface area is 106 Å². The summed E-state index contributed by atoms with van der Waals surface area (Å²) in [5.74, 6) is -0.495. The molecule has 98 valence electrons. The first-order chi connectivity index (χ1) is 8.72. The molecule has 0 radical (unpaired) electrons. The summed E-state index contributed by atoms with van der Waals surface area (Å²) in [6, 6.07) is 8.70. The molecular weight excluding hydrogens is 232 g/mol. The van der Waals surface area contributed by atoms with Crippen LogP contribution in [-0.2, 0) is 9.53 Å². The number of aliphatic hydroxyl groups is 1. The predicted octanol–water partition coefficient (Wildman–Crippen LogP) is -0.190. The number of amides is 1. The van der Waals surface area contributed by atoms with Crippen LogP contribution in [0.1, 0.15) is 11.6 Å². The summed E-state index contributed by atoms with van der Waals surface area (Å²) in [7, 11) is 0. The van der Waals surface area contributed by atoms with Gasteiger partial charge in [-0.25, -0.2) is 0 Å². The predicted molar refractivity (Wildman–Crippen MR) is 66.7 cm³/mol. The number of aliphatic hydroxyl groups excluding tert-OH is 1. The van der Waals surface area contributed by atoms with Crippen LogP contribution in [0, 0.1) is 5.92 Å². The zero-order valence-corrected chi connectivity index (χ0v) is 10.1. The Morgan fingerprint density at radius 1 is 1.44 bits per heavy atom. The van der Waals surface area contributed by atoms with Crippen LogP contribution in [-0.4, -0.2) is 36.9 Å². The molecule has 0 spiro atoms. The fourth-order valence-corrected chi connectivity index (χ4v) is 2.04. The van der Waals surface area contributed by atoms with E-state index in [1.54, 1.807) is 0 Å². The summed E-state index contributed by atoms with van der Waals surface area (Å²) in [6.07, 6.45) is 0. The van der Waals surface area contributed by atoms with Gasteiger partial charge in [-0.3, -0.25) is 4.79 Å². The van der Waals surface area contributed by atoms with E-state index in [4.69, 9.17) is 10.5 Å². The number of rotatable bonds is 4. The van der Waals surface area contributed by atoms with Crippen molar-refractivity contribution in [3.05, 3.63) is 35.9 Å². The molecule has 0 aliphatic carbocycles. The van der Waals surface area contributed by atoms with Crippen molar-refractivity contribution in [3.63, 3.8) is 0 Å². The fourth-order valence-electron chi connectivity index (χ4n) is 2.04. The number of ether oxygens (including phenoxy) is 1. The zero-order chi connectivity index (χ0) is 13.0. The lowest BCUT2D eigenvalue weighted by Crippen LogP contribution is -2.43. The first-order valence-electron chi connectivity index (χ1n) is 6.02. The van der Waals surface area contributed by atoms with Gasteiger partial charge in [0, 0.05) is 6.04 Å². The maximum Gasteiger partial charge on any atom is 0.227 e. The van der Waals surface area contributed by atoms with Gasteiger partial charge in [-0.15, -0.1) is 0 Å². The second-order valence-corrected chi connectivity index (χ2v) is 4.46. The molecule has 0 bridgehead atoms. The lowest BCUT2D eigenvalue weighted by atomic mass is 10.0. The second kappa shape index (κ2) is 5.95. The van der Waals surface area contributed by atoms with Crippen molar-refractivity contribution < 1.29 is 14.6 Å². The van der Waals surface area contributed by atoms with Gasteiger partial charge < -0.3 is 20.9 Å². The summed E-state index contributed by atoms with van der Waals surface area (Å²) in [5, 5.41) is 12.2. The largest absolute Gasteiger partial charge is 0.394 e. The van der Waals surface area contributed by atoms with E-state index >= 15 is 0 Å². The minimum absolute atomic E-state index is 0.140. The van der Waals surface area contributed by atoms with Crippen LogP contribution in [0.3, 0.4) is 0 Å². The molecule has 2 rings (SSSR count). The summed E-state index contributed by atoms with van der Waals surface area (Å²) in [5.41, 5.74) is 6.66. The standard InChI is InChI=1S/C13H18N2O3/c14-11-8-18-7-10(11)13(17)15-12(6-16)9-4-2-1-3-5-9/h1-5,10-12,16H,6-8,14H2,(H,15,17). The van der Waals surface area contributed by atoms with E-state index < -0.39 is 6.04 Å². The van der Waals surface area contributed by atoms with Gasteiger partial charge in [0.05, 0.1) is 31.8 Å². The first kappa shape index (κ1) is 13.0. The van der Waals surface area contributed by atoms with Crippen LogP contribution in [0.4, 0.5) is 0 Å². The molecule has 3 unspecified atom stereocenters. The SMILES string of the molecule is NC1COCC1C(=O)NC(CO)c1ccccc1. The number of carbonyl (C=O) groups is 1. The Balaban J connectivity index is 2.00. The Kier molecular flexibility index (Phi) is 4.30. The molecular formula is C13H18N2O3. The number of carbonyl (C=O) groups excluding carboxylic acids is 1. The van der Waals surface area contributed by atoms with Crippen molar-refractivity contribution in [2.45, 2.75) is 12.1 Å². The third-order valence-electron chi connectivity index (χ3n) is 3.16. The third-order valence-corrected chi connectivity index (χ3v) is 3.16.